The standard InChI is InChI=1S/C16H13Cl2N3O/c1-20(10-11-5-6-12(17)8-13(11)18)15-9-16(22)21-7-3-2-4-14(21)19-15/h2-9H,10H2,1H3. The molecule has 0 spiro atoms. The van der Waals surface area contributed by atoms with Crippen molar-refractivity contribution < 1.29 is 0 Å². The molecule has 0 amide bonds. The second kappa shape index (κ2) is 5.99. The number of pyridine rings is 1. The maximum atomic E-state index is 12.1. The van der Waals surface area contributed by atoms with E-state index in [1.807, 2.05) is 24.1 Å². The summed E-state index contributed by atoms with van der Waals surface area (Å²) in [5, 5.41) is 1.19. The number of aromatic nitrogens is 2. The number of rotatable bonds is 3. The van der Waals surface area contributed by atoms with Gasteiger partial charge in [0.2, 0.25) is 0 Å². The Bertz CT molecular complexity index is 892. The number of anilines is 1. The lowest BCUT2D eigenvalue weighted by Gasteiger charge is -2.19. The van der Waals surface area contributed by atoms with E-state index in [0.29, 0.717) is 28.1 Å². The Morgan fingerprint density at radius 3 is 2.77 bits per heavy atom. The van der Waals surface area contributed by atoms with Crippen LogP contribution in [0.4, 0.5) is 5.82 Å². The average molecular weight is 334 g/mol. The van der Waals surface area contributed by atoms with Crippen molar-refractivity contribution in [3.63, 3.8) is 0 Å². The minimum atomic E-state index is -0.116. The van der Waals surface area contributed by atoms with Gasteiger partial charge in [-0.1, -0.05) is 35.3 Å². The fraction of sp³-hybridized carbons (Fsp3) is 0.125. The Morgan fingerprint density at radius 2 is 2.00 bits per heavy atom. The van der Waals surface area contributed by atoms with Crippen molar-refractivity contribution in [2.75, 3.05) is 11.9 Å². The zero-order valence-electron chi connectivity index (χ0n) is 11.8. The number of nitrogens with zero attached hydrogens (tertiary/aromatic N) is 3. The Labute approximate surface area is 137 Å². The number of hydrogen-bond acceptors (Lipinski definition) is 3. The molecule has 6 heteroatoms. The SMILES string of the molecule is CN(Cc1ccc(Cl)cc1Cl)c1cc(=O)n2ccccc2n1. The van der Waals surface area contributed by atoms with Gasteiger partial charge in [-0.15, -0.1) is 0 Å². The molecular formula is C16H13Cl2N3O. The molecule has 3 rings (SSSR count). The van der Waals surface area contributed by atoms with Gasteiger partial charge in [0.25, 0.3) is 5.56 Å². The molecule has 0 aliphatic rings. The fourth-order valence-electron chi connectivity index (χ4n) is 2.22. The summed E-state index contributed by atoms with van der Waals surface area (Å²) < 4.78 is 1.51. The van der Waals surface area contributed by atoms with Gasteiger partial charge >= 0.3 is 0 Å². The predicted molar refractivity (Wildman–Crippen MR) is 90.0 cm³/mol. The molecule has 0 atom stereocenters. The van der Waals surface area contributed by atoms with Crippen molar-refractivity contribution in [2.24, 2.45) is 0 Å². The Balaban J connectivity index is 1.95. The lowest BCUT2D eigenvalue weighted by atomic mass is 10.2. The molecule has 0 aliphatic heterocycles. The monoisotopic (exact) mass is 333 g/mol. The van der Waals surface area contributed by atoms with E-state index in [1.165, 1.54) is 10.5 Å². The molecule has 3 aromatic rings. The van der Waals surface area contributed by atoms with Gasteiger partial charge in [0, 0.05) is 35.9 Å². The van der Waals surface area contributed by atoms with Gasteiger partial charge in [-0.3, -0.25) is 9.20 Å². The average Bonchev–Trinajstić information content (AvgIpc) is 2.50. The number of benzene rings is 1. The third kappa shape index (κ3) is 2.93. The van der Waals surface area contributed by atoms with Gasteiger partial charge in [0.05, 0.1) is 0 Å². The minimum absolute atomic E-state index is 0.116. The highest BCUT2D eigenvalue weighted by Crippen LogP contribution is 2.23. The first kappa shape index (κ1) is 14.9. The van der Waals surface area contributed by atoms with Crippen molar-refractivity contribution >= 4 is 34.7 Å². The van der Waals surface area contributed by atoms with Crippen molar-refractivity contribution in [1.82, 2.24) is 9.38 Å². The zero-order valence-corrected chi connectivity index (χ0v) is 13.3. The molecule has 0 aliphatic carbocycles. The molecule has 22 heavy (non-hydrogen) atoms. The van der Waals surface area contributed by atoms with E-state index >= 15 is 0 Å². The summed E-state index contributed by atoms with van der Waals surface area (Å²) in [6.07, 6.45) is 1.70. The third-order valence-electron chi connectivity index (χ3n) is 3.37. The lowest BCUT2D eigenvalue weighted by molar-refractivity contribution is 0.887. The topological polar surface area (TPSA) is 37.6 Å². The van der Waals surface area contributed by atoms with Crippen LogP contribution in [0, 0.1) is 0 Å². The molecule has 0 saturated heterocycles. The Hall–Kier alpha value is -2.04. The molecule has 2 heterocycles. The summed E-state index contributed by atoms with van der Waals surface area (Å²) in [5.74, 6) is 0.599. The molecule has 0 radical (unpaired) electrons. The van der Waals surface area contributed by atoms with E-state index in [9.17, 15) is 4.79 Å². The predicted octanol–water partition coefficient (Wildman–Crippen LogP) is 3.64. The number of hydrogen-bond donors (Lipinski definition) is 0. The molecule has 112 valence electrons. The summed E-state index contributed by atoms with van der Waals surface area (Å²) >= 11 is 12.1. The van der Waals surface area contributed by atoms with Crippen LogP contribution in [-0.2, 0) is 6.54 Å². The van der Waals surface area contributed by atoms with Crippen molar-refractivity contribution in [3.05, 3.63) is 74.6 Å². The molecule has 4 nitrogen and oxygen atoms in total. The van der Waals surface area contributed by atoms with E-state index in [0.717, 1.165) is 5.56 Å². The summed E-state index contributed by atoms with van der Waals surface area (Å²) in [4.78, 5) is 18.5. The largest absolute Gasteiger partial charge is 0.355 e. The summed E-state index contributed by atoms with van der Waals surface area (Å²) in [5.41, 5.74) is 1.41. The first-order valence-corrected chi connectivity index (χ1v) is 7.44. The highest BCUT2D eigenvalue weighted by atomic mass is 35.5. The highest BCUT2D eigenvalue weighted by Gasteiger charge is 2.09. The van der Waals surface area contributed by atoms with Crippen LogP contribution < -0.4 is 10.5 Å². The Kier molecular flexibility index (Phi) is 4.05. The van der Waals surface area contributed by atoms with Crippen LogP contribution in [0.3, 0.4) is 0 Å². The minimum Gasteiger partial charge on any atom is -0.355 e. The molecule has 2 aromatic heterocycles. The van der Waals surface area contributed by atoms with Gasteiger partial charge in [-0.2, -0.15) is 0 Å². The molecule has 0 fully saturated rings. The normalized spacial score (nSPS) is 10.9. The van der Waals surface area contributed by atoms with Crippen LogP contribution >= 0.6 is 23.2 Å². The van der Waals surface area contributed by atoms with Crippen LogP contribution in [0.25, 0.3) is 5.65 Å². The highest BCUT2D eigenvalue weighted by molar-refractivity contribution is 6.35. The van der Waals surface area contributed by atoms with Crippen molar-refractivity contribution in [2.45, 2.75) is 6.54 Å². The van der Waals surface area contributed by atoms with Crippen molar-refractivity contribution in [3.8, 4) is 0 Å². The molecular weight excluding hydrogens is 321 g/mol. The molecule has 0 unspecified atom stereocenters. The van der Waals surface area contributed by atoms with E-state index < -0.39 is 0 Å². The lowest BCUT2D eigenvalue weighted by Crippen LogP contribution is -2.22. The van der Waals surface area contributed by atoms with Gasteiger partial charge in [0.1, 0.15) is 11.5 Å². The van der Waals surface area contributed by atoms with E-state index in [1.54, 1.807) is 30.5 Å². The first-order chi connectivity index (χ1) is 10.5. The summed E-state index contributed by atoms with van der Waals surface area (Å²) in [6.45, 7) is 0.533. The number of fused-ring (bicyclic) bond motifs is 1. The van der Waals surface area contributed by atoms with E-state index in [4.69, 9.17) is 23.2 Å². The van der Waals surface area contributed by atoms with Gasteiger partial charge in [-0.05, 0) is 29.8 Å². The molecule has 0 saturated carbocycles. The molecule has 1 aromatic carbocycles. The van der Waals surface area contributed by atoms with Crippen LogP contribution in [0.15, 0.2) is 53.5 Å². The Morgan fingerprint density at radius 1 is 1.18 bits per heavy atom. The van der Waals surface area contributed by atoms with Crippen LogP contribution in [0.2, 0.25) is 10.0 Å². The summed E-state index contributed by atoms with van der Waals surface area (Å²) in [7, 11) is 1.87. The van der Waals surface area contributed by atoms with Gasteiger partial charge < -0.3 is 4.90 Å². The second-order valence-corrected chi connectivity index (χ2v) is 5.82. The second-order valence-electron chi connectivity index (χ2n) is 4.97. The summed E-state index contributed by atoms with van der Waals surface area (Å²) in [6, 6.07) is 12.3. The quantitative estimate of drug-likeness (QED) is 0.734. The third-order valence-corrected chi connectivity index (χ3v) is 3.96. The first-order valence-electron chi connectivity index (χ1n) is 6.68. The van der Waals surface area contributed by atoms with Crippen LogP contribution in [0.1, 0.15) is 5.56 Å². The molecule has 0 bridgehead atoms. The number of halogens is 2. The maximum absolute atomic E-state index is 12.1. The smallest absolute Gasteiger partial charge is 0.259 e. The maximum Gasteiger partial charge on any atom is 0.259 e. The van der Waals surface area contributed by atoms with E-state index in [2.05, 4.69) is 4.98 Å². The molecule has 0 N–H and O–H groups in total. The van der Waals surface area contributed by atoms with Crippen LogP contribution in [0.5, 0.6) is 0 Å². The zero-order chi connectivity index (χ0) is 15.7. The van der Waals surface area contributed by atoms with Gasteiger partial charge in [-0.25, -0.2) is 4.98 Å². The van der Waals surface area contributed by atoms with Gasteiger partial charge in [0.15, 0.2) is 0 Å². The van der Waals surface area contributed by atoms with Crippen molar-refractivity contribution in [1.29, 1.82) is 0 Å². The van der Waals surface area contributed by atoms with Crippen LogP contribution in [-0.4, -0.2) is 16.4 Å². The fourth-order valence-corrected chi connectivity index (χ4v) is 2.69. The van der Waals surface area contributed by atoms with E-state index in [-0.39, 0.29) is 5.56 Å².